The van der Waals surface area contributed by atoms with Gasteiger partial charge in [0.25, 0.3) is 5.91 Å². The quantitative estimate of drug-likeness (QED) is 0.382. The van der Waals surface area contributed by atoms with E-state index in [1.165, 1.54) is 31.4 Å². The molecule has 0 aliphatic carbocycles. The third-order valence-corrected chi connectivity index (χ3v) is 4.71. The van der Waals surface area contributed by atoms with E-state index < -0.39 is 11.9 Å². The molecule has 1 amide bonds. The highest BCUT2D eigenvalue weighted by molar-refractivity contribution is 6.10. The number of carbonyl (C=O) groups excluding carboxylic acids is 1. The molecule has 0 aliphatic rings. The Kier molecular flexibility index (Phi) is 7.45. The van der Waals surface area contributed by atoms with Crippen molar-refractivity contribution in [2.24, 2.45) is 0 Å². The summed E-state index contributed by atoms with van der Waals surface area (Å²) in [5, 5.41) is 21.1. The summed E-state index contributed by atoms with van der Waals surface area (Å²) < 4.78 is 11.3. The molecule has 0 bridgehead atoms. The summed E-state index contributed by atoms with van der Waals surface area (Å²) in [4.78, 5) is 23.6. The number of rotatable bonds is 8. The highest BCUT2D eigenvalue weighted by atomic mass is 16.5. The first-order valence-electron chi connectivity index (χ1n) is 10.0. The number of carboxylic acids is 1. The molecule has 7 heteroatoms. The molecule has 0 saturated carbocycles. The van der Waals surface area contributed by atoms with E-state index in [1.54, 1.807) is 24.3 Å². The zero-order chi connectivity index (χ0) is 23.8. The van der Waals surface area contributed by atoms with Crippen LogP contribution in [0.1, 0.15) is 27.0 Å². The van der Waals surface area contributed by atoms with Crippen molar-refractivity contribution in [1.82, 2.24) is 0 Å². The fourth-order valence-corrected chi connectivity index (χ4v) is 3.10. The van der Waals surface area contributed by atoms with Gasteiger partial charge >= 0.3 is 5.97 Å². The number of methoxy groups -OCH3 is 1. The first-order chi connectivity index (χ1) is 15.9. The number of amides is 1. The van der Waals surface area contributed by atoms with Crippen LogP contribution in [0.25, 0.3) is 6.08 Å². The normalized spacial score (nSPS) is 10.8. The monoisotopic (exact) mass is 442 g/mol. The summed E-state index contributed by atoms with van der Waals surface area (Å²) in [7, 11) is 1.51. The smallest absolute Gasteiger partial charge is 0.335 e. The molecule has 7 nitrogen and oxygen atoms in total. The lowest BCUT2D eigenvalue weighted by atomic mass is 10.1. The van der Waals surface area contributed by atoms with E-state index in [4.69, 9.17) is 14.6 Å². The maximum Gasteiger partial charge on any atom is 0.335 e. The van der Waals surface area contributed by atoms with Crippen LogP contribution in [0.15, 0.2) is 72.3 Å². The molecule has 0 spiro atoms. The van der Waals surface area contributed by atoms with Crippen molar-refractivity contribution < 1.29 is 24.2 Å². The lowest BCUT2D eigenvalue weighted by molar-refractivity contribution is -0.112. The van der Waals surface area contributed by atoms with E-state index >= 15 is 0 Å². The summed E-state index contributed by atoms with van der Waals surface area (Å²) in [6.07, 6.45) is 1.42. The van der Waals surface area contributed by atoms with Gasteiger partial charge in [0.15, 0.2) is 11.5 Å². The number of carboxylic acid groups (broad SMARTS) is 1. The molecule has 0 aliphatic heterocycles. The van der Waals surface area contributed by atoms with E-state index in [2.05, 4.69) is 5.32 Å². The lowest BCUT2D eigenvalue weighted by Crippen LogP contribution is -2.14. The van der Waals surface area contributed by atoms with Crippen LogP contribution in [0.3, 0.4) is 0 Å². The summed E-state index contributed by atoms with van der Waals surface area (Å²) >= 11 is 0. The third kappa shape index (κ3) is 6.21. The Morgan fingerprint density at radius 2 is 1.85 bits per heavy atom. The van der Waals surface area contributed by atoms with Crippen LogP contribution in [-0.2, 0) is 11.4 Å². The van der Waals surface area contributed by atoms with Crippen LogP contribution in [0.5, 0.6) is 11.5 Å². The van der Waals surface area contributed by atoms with E-state index in [-0.39, 0.29) is 16.8 Å². The number of nitrogens with zero attached hydrogens (tertiary/aromatic N) is 1. The topological polar surface area (TPSA) is 109 Å². The predicted octanol–water partition coefficient (Wildman–Crippen LogP) is 4.83. The van der Waals surface area contributed by atoms with Gasteiger partial charge in [-0.1, -0.05) is 42.0 Å². The average molecular weight is 442 g/mol. The molecule has 2 N–H and O–H groups in total. The molecule has 166 valence electrons. The fourth-order valence-electron chi connectivity index (χ4n) is 3.10. The molecule has 0 heterocycles. The molecule has 0 atom stereocenters. The van der Waals surface area contributed by atoms with E-state index in [0.29, 0.717) is 23.7 Å². The Labute approximate surface area is 191 Å². The standard InChI is InChI=1S/C26H22N2O5/c1-17-5-3-6-19(11-17)16-33-23-10-9-18(13-24(23)32-2)12-21(15-27)25(29)28-22-8-4-7-20(14-22)26(30)31/h3-14H,16H2,1-2H3,(H,28,29)(H,30,31). The molecule has 0 unspecified atom stereocenters. The van der Waals surface area contributed by atoms with Gasteiger partial charge < -0.3 is 19.9 Å². The van der Waals surface area contributed by atoms with Gasteiger partial charge in [-0.3, -0.25) is 4.79 Å². The molecule has 0 saturated heterocycles. The second-order valence-corrected chi connectivity index (χ2v) is 7.20. The number of carbonyl (C=O) groups is 2. The molecule has 0 aromatic heterocycles. The van der Waals surface area contributed by atoms with Crippen LogP contribution in [0.2, 0.25) is 0 Å². The number of hydrogen-bond donors (Lipinski definition) is 2. The van der Waals surface area contributed by atoms with Crippen LogP contribution in [-0.4, -0.2) is 24.1 Å². The number of hydrogen-bond acceptors (Lipinski definition) is 5. The fraction of sp³-hybridized carbons (Fsp3) is 0.115. The van der Waals surface area contributed by atoms with Crippen LogP contribution in [0, 0.1) is 18.3 Å². The van der Waals surface area contributed by atoms with Crippen molar-refractivity contribution in [3.63, 3.8) is 0 Å². The molecular weight excluding hydrogens is 420 g/mol. The molecule has 0 radical (unpaired) electrons. The van der Waals surface area contributed by atoms with Crippen molar-refractivity contribution in [3.8, 4) is 17.6 Å². The highest BCUT2D eigenvalue weighted by Crippen LogP contribution is 2.30. The van der Waals surface area contributed by atoms with Gasteiger partial charge in [0.2, 0.25) is 0 Å². The molecule has 3 aromatic rings. The number of aromatic carboxylic acids is 1. The van der Waals surface area contributed by atoms with Gasteiger partial charge in [-0.15, -0.1) is 0 Å². The van der Waals surface area contributed by atoms with Crippen LogP contribution >= 0.6 is 0 Å². The van der Waals surface area contributed by atoms with E-state index in [9.17, 15) is 14.9 Å². The van der Waals surface area contributed by atoms with Crippen LogP contribution in [0.4, 0.5) is 5.69 Å². The Morgan fingerprint density at radius 1 is 1.06 bits per heavy atom. The van der Waals surface area contributed by atoms with Gasteiger partial charge in [-0.05, 0) is 54.5 Å². The Hall–Kier alpha value is -4.57. The van der Waals surface area contributed by atoms with Crippen molar-refractivity contribution >= 4 is 23.6 Å². The minimum absolute atomic E-state index is 0.0290. The summed E-state index contributed by atoms with van der Waals surface area (Å²) in [5.74, 6) is -0.773. The third-order valence-electron chi connectivity index (χ3n) is 4.71. The van der Waals surface area contributed by atoms with Crippen LogP contribution < -0.4 is 14.8 Å². The molecule has 3 aromatic carbocycles. The first kappa shape index (κ1) is 23.1. The largest absolute Gasteiger partial charge is 0.493 e. The Morgan fingerprint density at radius 3 is 2.55 bits per heavy atom. The number of anilines is 1. The number of ether oxygens (including phenoxy) is 2. The zero-order valence-electron chi connectivity index (χ0n) is 18.2. The maximum atomic E-state index is 12.5. The minimum atomic E-state index is -1.11. The van der Waals surface area contributed by atoms with Crippen molar-refractivity contribution in [2.45, 2.75) is 13.5 Å². The van der Waals surface area contributed by atoms with Gasteiger partial charge in [0.1, 0.15) is 18.2 Å². The summed E-state index contributed by atoms with van der Waals surface area (Å²) in [5.41, 5.74) is 2.89. The second kappa shape index (κ2) is 10.6. The first-order valence-corrected chi connectivity index (χ1v) is 10.0. The number of nitrogens with one attached hydrogen (secondary N) is 1. The van der Waals surface area contributed by atoms with Crippen molar-refractivity contribution in [1.29, 1.82) is 5.26 Å². The van der Waals surface area contributed by atoms with Gasteiger partial charge in [0.05, 0.1) is 12.7 Å². The van der Waals surface area contributed by atoms with Gasteiger partial charge in [-0.2, -0.15) is 5.26 Å². The van der Waals surface area contributed by atoms with Crippen molar-refractivity contribution in [2.75, 3.05) is 12.4 Å². The SMILES string of the molecule is COc1cc(C=C(C#N)C(=O)Nc2cccc(C(=O)O)c2)ccc1OCc1cccc(C)c1. The lowest BCUT2D eigenvalue weighted by Gasteiger charge is -2.12. The van der Waals surface area contributed by atoms with E-state index in [1.807, 2.05) is 37.3 Å². The number of benzene rings is 3. The molecular formula is C26H22N2O5. The summed E-state index contributed by atoms with van der Waals surface area (Å²) in [6.45, 7) is 2.38. The Bertz CT molecular complexity index is 1260. The second-order valence-electron chi connectivity index (χ2n) is 7.20. The van der Waals surface area contributed by atoms with Crippen molar-refractivity contribution in [3.05, 3.63) is 94.6 Å². The molecule has 3 rings (SSSR count). The Balaban J connectivity index is 1.76. The van der Waals surface area contributed by atoms with Gasteiger partial charge in [0, 0.05) is 5.69 Å². The van der Waals surface area contributed by atoms with E-state index in [0.717, 1.165) is 11.1 Å². The highest BCUT2D eigenvalue weighted by Gasteiger charge is 2.12. The zero-order valence-corrected chi connectivity index (χ0v) is 18.2. The molecule has 33 heavy (non-hydrogen) atoms. The maximum absolute atomic E-state index is 12.5. The predicted molar refractivity (Wildman–Crippen MR) is 124 cm³/mol. The van der Waals surface area contributed by atoms with Gasteiger partial charge in [-0.25, -0.2) is 4.79 Å². The number of nitriles is 1. The molecule has 0 fully saturated rings. The summed E-state index contributed by atoms with van der Waals surface area (Å²) in [6, 6.07) is 20.7. The number of aryl methyl sites for hydroxylation is 1. The average Bonchev–Trinajstić information content (AvgIpc) is 2.81. The minimum Gasteiger partial charge on any atom is -0.493 e.